The van der Waals surface area contributed by atoms with Crippen molar-refractivity contribution in [3.05, 3.63) is 28.1 Å². The van der Waals surface area contributed by atoms with Crippen LogP contribution in [0, 0.1) is 0 Å². The summed E-state index contributed by atoms with van der Waals surface area (Å²) in [5.74, 6) is 2.22. The molecule has 0 aliphatic rings. The second kappa shape index (κ2) is 53.3. The fourth-order valence-electron chi connectivity index (χ4n) is 9.68. The van der Waals surface area contributed by atoms with Crippen LogP contribution < -0.4 is 14.2 Å². The van der Waals surface area contributed by atoms with Crippen LogP contribution in [0.4, 0.5) is 0 Å². The molecule has 0 aliphatic heterocycles. The molecule has 0 spiro atoms. The molecule has 1 aromatic rings. The molecule has 0 aliphatic carbocycles. The van der Waals surface area contributed by atoms with Crippen LogP contribution in [0.3, 0.4) is 0 Å². The zero-order valence-electron chi connectivity index (χ0n) is 45.5. The highest BCUT2D eigenvalue weighted by molar-refractivity contribution is 5.54. The molecule has 0 N–H and O–H groups in total. The van der Waals surface area contributed by atoms with Crippen molar-refractivity contribution in [1.82, 2.24) is 0 Å². The molecule has 1 aromatic carbocycles. The third-order valence-electron chi connectivity index (χ3n) is 14.2. The average Bonchev–Trinajstić information content (AvgIpc) is 3.34. The van der Waals surface area contributed by atoms with Gasteiger partial charge in [0.05, 0.1) is 26.4 Å². The summed E-state index contributed by atoms with van der Waals surface area (Å²) >= 11 is 0. The summed E-state index contributed by atoms with van der Waals surface area (Å²) in [6, 6.07) is 4.04. The van der Waals surface area contributed by atoms with Crippen LogP contribution in [0.1, 0.15) is 335 Å². The van der Waals surface area contributed by atoms with E-state index in [1.54, 1.807) is 0 Å². The third kappa shape index (κ3) is 43.7. The number of hydrogen-bond donors (Lipinski definition) is 0. The minimum Gasteiger partial charge on any atom is -0.490 e. The van der Waals surface area contributed by atoms with Gasteiger partial charge in [-0.15, -0.1) is 0 Å². The highest BCUT2D eigenvalue weighted by Gasteiger charge is 2.16. The number of rotatable bonds is 56. The molecule has 0 saturated heterocycles. The number of unbranched alkanes of at least 4 members (excludes halogenated alkanes) is 45. The second-order valence-corrected chi connectivity index (χ2v) is 20.8. The zero-order valence-corrected chi connectivity index (χ0v) is 45.5. The lowest BCUT2D eigenvalue weighted by molar-refractivity contribution is 0.234. The van der Waals surface area contributed by atoms with Crippen LogP contribution in [0.25, 0.3) is 10.4 Å². The van der Waals surface area contributed by atoms with Gasteiger partial charge in [0.25, 0.3) is 0 Å². The van der Waals surface area contributed by atoms with Crippen LogP contribution >= 0.6 is 0 Å². The highest BCUT2D eigenvalue weighted by Crippen LogP contribution is 2.40. The minimum absolute atomic E-state index is 0.278. The van der Waals surface area contributed by atoms with Crippen LogP contribution in [0.5, 0.6) is 17.2 Å². The molecule has 0 saturated carbocycles. The maximum Gasteiger partial charge on any atom is 0.203 e. The molecule has 0 radical (unpaired) electrons. The van der Waals surface area contributed by atoms with E-state index in [1.807, 2.05) is 12.1 Å². The first-order valence-electron chi connectivity index (χ1n) is 30.3. The van der Waals surface area contributed by atoms with E-state index in [0.717, 1.165) is 42.1 Å². The first-order chi connectivity index (χ1) is 33.3. The lowest BCUT2D eigenvalue weighted by Gasteiger charge is -2.19. The molecule has 0 bridgehead atoms. The molecular weight excluding hydrogens is 823 g/mol. The summed E-state index contributed by atoms with van der Waals surface area (Å²) in [6.45, 7) is 9.17. The van der Waals surface area contributed by atoms with Crippen molar-refractivity contribution in [2.45, 2.75) is 336 Å². The van der Waals surface area contributed by atoms with Gasteiger partial charge in [-0.25, -0.2) is 0 Å². The van der Waals surface area contributed by atoms with E-state index < -0.39 is 0 Å². The number of nitrogens with zero attached hydrogens (tertiary/aromatic N) is 3. The van der Waals surface area contributed by atoms with E-state index in [9.17, 15) is 0 Å². The van der Waals surface area contributed by atoms with Crippen molar-refractivity contribution in [2.24, 2.45) is 5.11 Å². The molecule has 0 unspecified atom stereocenters. The smallest absolute Gasteiger partial charge is 0.203 e. The average molecular weight is 939 g/mol. The number of ether oxygens (including phenoxy) is 3. The molecule has 0 atom stereocenters. The molecule has 0 aromatic heterocycles. The van der Waals surface area contributed by atoms with E-state index in [2.05, 4.69) is 30.8 Å². The SMILES string of the molecule is CCCCCCCCCCCCCCCCCCOc1cc(CN=[N+]=[N-])cc(OCCCCCCCCCCCCCCCCCC)c1OCCCCCCCCCCCCCCCCCC. The molecule has 392 valence electrons. The van der Waals surface area contributed by atoms with Gasteiger partial charge in [-0.05, 0) is 42.5 Å². The monoisotopic (exact) mass is 938 g/mol. The molecule has 67 heavy (non-hydrogen) atoms. The Bertz CT molecular complexity index is 1130. The van der Waals surface area contributed by atoms with Crippen molar-refractivity contribution >= 4 is 0 Å². The predicted octanol–water partition coefficient (Wildman–Crippen LogP) is 22.4. The number of benzene rings is 1. The summed E-state index contributed by atoms with van der Waals surface area (Å²) in [6.07, 6.45) is 65.2. The van der Waals surface area contributed by atoms with Crippen molar-refractivity contribution in [3.63, 3.8) is 0 Å². The second-order valence-electron chi connectivity index (χ2n) is 20.8. The maximum absolute atomic E-state index is 9.14. The maximum atomic E-state index is 9.14. The molecule has 0 heterocycles. The summed E-state index contributed by atoms with van der Waals surface area (Å²) in [7, 11) is 0. The van der Waals surface area contributed by atoms with Gasteiger partial charge >= 0.3 is 0 Å². The lowest BCUT2D eigenvalue weighted by atomic mass is 10.0. The topological polar surface area (TPSA) is 76.5 Å². The standard InChI is InChI=1S/C61H115N3O3/c1-4-7-10-13-16-19-22-25-28-31-34-37-40-43-46-49-52-65-59-55-58(57-63-64-62)56-60(66-53-50-47-44-41-38-35-32-29-26-23-20-17-14-11-8-5-2)61(59)67-54-51-48-45-42-39-36-33-30-27-24-21-18-15-12-9-6-3/h55-56H,4-54,57H2,1-3H3. The van der Waals surface area contributed by atoms with E-state index in [0.29, 0.717) is 19.8 Å². The summed E-state index contributed by atoms with van der Waals surface area (Å²) < 4.78 is 19.6. The van der Waals surface area contributed by atoms with E-state index in [1.165, 1.54) is 289 Å². The fourth-order valence-corrected chi connectivity index (χ4v) is 9.68. The Balaban J connectivity index is 2.50. The van der Waals surface area contributed by atoms with E-state index in [-0.39, 0.29) is 6.54 Å². The Hall–Kier alpha value is -2.07. The Morgan fingerprint density at radius 2 is 0.522 bits per heavy atom. The van der Waals surface area contributed by atoms with Crippen molar-refractivity contribution in [3.8, 4) is 17.2 Å². The van der Waals surface area contributed by atoms with Crippen molar-refractivity contribution < 1.29 is 14.2 Å². The lowest BCUT2D eigenvalue weighted by Crippen LogP contribution is -2.07. The van der Waals surface area contributed by atoms with Crippen LogP contribution in [0.15, 0.2) is 17.2 Å². The Morgan fingerprint density at radius 1 is 0.313 bits per heavy atom. The molecule has 6 heteroatoms. The first kappa shape index (κ1) is 62.9. The Morgan fingerprint density at radius 3 is 0.746 bits per heavy atom. The quantitative estimate of drug-likeness (QED) is 0.0283. The van der Waals surface area contributed by atoms with Gasteiger partial charge in [-0.1, -0.05) is 315 Å². The Labute approximate surface area is 418 Å². The number of azide groups is 1. The van der Waals surface area contributed by atoms with Gasteiger partial charge < -0.3 is 14.2 Å². The van der Waals surface area contributed by atoms with Gasteiger partial charge in [0.1, 0.15) is 0 Å². The largest absolute Gasteiger partial charge is 0.490 e. The number of hydrogen-bond acceptors (Lipinski definition) is 4. The van der Waals surface area contributed by atoms with Gasteiger partial charge in [-0.2, -0.15) is 0 Å². The summed E-state index contributed by atoms with van der Waals surface area (Å²) in [4.78, 5) is 3.05. The molecule has 6 nitrogen and oxygen atoms in total. The predicted molar refractivity (Wildman–Crippen MR) is 294 cm³/mol. The van der Waals surface area contributed by atoms with Gasteiger partial charge in [0.2, 0.25) is 5.75 Å². The van der Waals surface area contributed by atoms with Crippen LogP contribution in [0.2, 0.25) is 0 Å². The summed E-state index contributed by atoms with van der Waals surface area (Å²) in [5.41, 5.74) is 10.1. The minimum atomic E-state index is 0.278. The van der Waals surface area contributed by atoms with Crippen LogP contribution in [-0.2, 0) is 6.54 Å². The molecule has 1 rings (SSSR count). The van der Waals surface area contributed by atoms with E-state index >= 15 is 0 Å². The zero-order chi connectivity index (χ0) is 48.0. The van der Waals surface area contributed by atoms with Crippen molar-refractivity contribution in [1.29, 1.82) is 0 Å². The Kier molecular flexibility index (Phi) is 50.1. The highest BCUT2D eigenvalue weighted by atomic mass is 16.5. The van der Waals surface area contributed by atoms with Gasteiger partial charge in [0, 0.05) is 4.91 Å². The van der Waals surface area contributed by atoms with Crippen molar-refractivity contribution in [2.75, 3.05) is 19.8 Å². The summed E-state index contributed by atoms with van der Waals surface area (Å²) in [5, 5.41) is 3.90. The van der Waals surface area contributed by atoms with Gasteiger partial charge in [0.15, 0.2) is 11.5 Å². The first-order valence-corrected chi connectivity index (χ1v) is 30.3. The molecule has 0 amide bonds. The molecule has 0 fully saturated rings. The van der Waals surface area contributed by atoms with E-state index in [4.69, 9.17) is 19.7 Å². The molecular formula is C61H115N3O3. The fraction of sp³-hybridized carbons (Fsp3) is 0.902. The van der Waals surface area contributed by atoms with Gasteiger partial charge in [-0.3, -0.25) is 0 Å². The third-order valence-corrected chi connectivity index (χ3v) is 14.2. The van der Waals surface area contributed by atoms with Crippen LogP contribution in [-0.4, -0.2) is 19.8 Å². The normalized spacial score (nSPS) is 11.3.